The Bertz CT molecular complexity index is 310. The van der Waals surface area contributed by atoms with Gasteiger partial charge in [-0.3, -0.25) is 0 Å². The first-order valence-electron chi connectivity index (χ1n) is 6.55. The molecular formula is C13H23Br2NO3. The minimum atomic E-state index is -0.680. The Balaban J connectivity index is 2.46. The summed E-state index contributed by atoms with van der Waals surface area (Å²) in [5.74, 6) is 0. The molecule has 0 bridgehead atoms. The second-order valence-corrected chi connectivity index (χ2v) is 8.09. The largest absolute Gasteiger partial charge is 0.444 e. The summed E-state index contributed by atoms with van der Waals surface area (Å²) >= 11 is 6.91. The number of halogens is 2. The molecule has 1 rings (SSSR count). The fourth-order valence-corrected chi connectivity index (χ4v) is 2.93. The van der Waals surface area contributed by atoms with E-state index in [1.54, 1.807) is 4.90 Å². The van der Waals surface area contributed by atoms with Crippen LogP contribution in [0, 0.1) is 0 Å². The van der Waals surface area contributed by atoms with E-state index in [0.717, 1.165) is 5.33 Å². The van der Waals surface area contributed by atoms with E-state index >= 15 is 0 Å². The number of amides is 1. The van der Waals surface area contributed by atoms with Crippen molar-refractivity contribution in [3.8, 4) is 0 Å². The predicted molar refractivity (Wildman–Crippen MR) is 83.1 cm³/mol. The fourth-order valence-electron chi connectivity index (χ4n) is 2.10. The van der Waals surface area contributed by atoms with Gasteiger partial charge in [0.1, 0.15) is 5.60 Å². The van der Waals surface area contributed by atoms with Crippen LogP contribution in [0.1, 0.15) is 40.0 Å². The van der Waals surface area contributed by atoms with Gasteiger partial charge in [-0.25, -0.2) is 4.79 Å². The van der Waals surface area contributed by atoms with Crippen LogP contribution in [0.4, 0.5) is 4.79 Å². The van der Waals surface area contributed by atoms with Crippen LogP contribution in [-0.2, 0) is 4.74 Å². The van der Waals surface area contributed by atoms with Crippen molar-refractivity contribution >= 4 is 38.0 Å². The number of carbonyl (C=O) groups is 1. The lowest BCUT2D eigenvalue weighted by atomic mass is 9.87. The summed E-state index contributed by atoms with van der Waals surface area (Å²) < 4.78 is 5.34. The number of aliphatic hydroxyl groups is 1. The van der Waals surface area contributed by atoms with Crippen LogP contribution in [0.5, 0.6) is 0 Å². The molecule has 1 N–H and O–H groups in total. The highest BCUT2D eigenvalue weighted by Gasteiger charge is 2.36. The average Bonchev–Trinajstić information content (AvgIpc) is 2.26. The number of hydrogen-bond acceptors (Lipinski definition) is 3. The third-order valence-corrected chi connectivity index (χ3v) is 5.41. The maximum absolute atomic E-state index is 11.9. The second kappa shape index (κ2) is 6.76. The van der Waals surface area contributed by atoms with Crippen LogP contribution in [-0.4, -0.2) is 50.5 Å². The Labute approximate surface area is 132 Å². The molecule has 1 saturated heterocycles. The molecule has 1 amide bonds. The first-order chi connectivity index (χ1) is 8.65. The number of likely N-dealkylation sites (tertiary alicyclic amines) is 1. The van der Waals surface area contributed by atoms with E-state index in [2.05, 4.69) is 31.9 Å². The lowest BCUT2D eigenvalue weighted by Crippen LogP contribution is -2.48. The molecule has 1 atom stereocenters. The zero-order chi connectivity index (χ0) is 14.7. The topological polar surface area (TPSA) is 49.8 Å². The minimum Gasteiger partial charge on any atom is -0.444 e. The van der Waals surface area contributed by atoms with Crippen molar-refractivity contribution in [2.75, 3.05) is 18.4 Å². The Morgan fingerprint density at radius 1 is 1.42 bits per heavy atom. The highest BCUT2D eigenvalue weighted by atomic mass is 79.9. The summed E-state index contributed by atoms with van der Waals surface area (Å²) in [4.78, 5) is 13.8. The van der Waals surface area contributed by atoms with Gasteiger partial charge < -0.3 is 14.7 Å². The summed E-state index contributed by atoms with van der Waals surface area (Å²) in [5, 5.41) is 11.3. The van der Waals surface area contributed by atoms with E-state index in [4.69, 9.17) is 4.74 Å². The fraction of sp³-hybridized carbons (Fsp3) is 0.923. The molecule has 1 aliphatic heterocycles. The van der Waals surface area contributed by atoms with Gasteiger partial charge in [-0.15, -0.1) is 0 Å². The van der Waals surface area contributed by atoms with Crippen molar-refractivity contribution < 1.29 is 14.6 Å². The zero-order valence-electron chi connectivity index (χ0n) is 11.8. The first-order valence-corrected chi connectivity index (χ1v) is 8.59. The van der Waals surface area contributed by atoms with E-state index < -0.39 is 11.2 Å². The van der Waals surface area contributed by atoms with Crippen molar-refractivity contribution in [1.29, 1.82) is 0 Å². The van der Waals surface area contributed by atoms with Gasteiger partial charge in [-0.05, 0) is 40.0 Å². The predicted octanol–water partition coefficient (Wildman–Crippen LogP) is 3.30. The SMILES string of the molecule is CC(C)(C)OC(=O)N1CCC(O)(CC(Br)CBr)CC1. The smallest absolute Gasteiger partial charge is 0.410 e. The number of hydrogen-bond donors (Lipinski definition) is 1. The molecule has 1 fully saturated rings. The molecule has 0 spiro atoms. The average molecular weight is 401 g/mol. The van der Waals surface area contributed by atoms with Crippen LogP contribution in [0.25, 0.3) is 0 Å². The minimum absolute atomic E-state index is 0.255. The zero-order valence-corrected chi connectivity index (χ0v) is 15.0. The highest BCUT2D eigenvalue weighted by molar-refractivity contribution is 9.12. The molecule has 0 aromatic rings. The van der Waals surface area contributed by atoms with E-state index in [0.29, 0.717) is 32.4 Å². The van der Waals surface area contributed by atoms with Crippen molar-refractivity contribution in [3.05, 3.63) is 0 Å². The molecule has 0 saturated carbocycles. The summed E-state index contributed by atoms with van der Waals surface area (Å²) in [6.07, 6.45) is 1.61. The number of nitrogens with zero attached hydrogens (tertiary/aromatic N) is 1. The Kier molecular flexibility index (Phi) is 6.14. The first kappa shape index (κ1) is 17.2. The maximum Gasteiger partial charge on any atom is 0.410 e. The van der Waals surface area contributed by atoms with E-state index in [-0.39, 0.29) is 10.9 Å². The molecule has 19 heavy (non-hydrogen) atoms. The van der Waals surface area contributed by atoms with E-state index in [9.17, 15) is 9.90 Å². The molecule has 1 heterocycles. The lowest BCUT2D eigenvalue weighted by Gasteiger charge is -2.39. The van der Waals surface area contributed by atoms with Gasteiger partial charge in [0.15, 0.2) is 0 Å². The molecule has 0 aromatic heterocycles. The monoisotopic (exact) mass is 399 g/mol. The number of carbonyl (C=O) groups excluding carboxylic acids is 1. The summed E-state index contributed by atoms with van der Waals surface area (Å²) in [7, 11) is 0. The normalized spacial score (nSPS) is 21.1. The van der Waals surface area contributed by atoms with Crippen molar-refractivity contribution in [3.63, 3.8) is 0 Å². The number of piperidine rings is 1. The van der Waals surface area contributed by atoms with Crippen LogP contribution in [0.3, 0.4) is 0 Å². The van der Waals surface area contributed by atoms with E-state index in [1.165, 1.54) is 0 Å². The molecule has 112 valence electrons. The summed E-state index contributed by atoms with van der Waals surface area (Å²) in [6, 6.07) is 0. The number of ether oxygens (including phenoxy) is 1. The molecule has 0 aliphatic carbocycles. The number of rotatable bonds is 3. The van der Waals surface area contributed by atoms with Gasteiger partial charge in [-0.2, -0.15) is 0 Å². The molecular weight excluding hydrogens is 378 g/mol. The van der Waals surface area contributed by atoms with Gasteiger partial charge in [0, 0.05) is 23.2 Å². The Morgan fingerprint density at radius 2 is 1.95 bits per heavy atom. The van der Waals surface area contributed by atoms with Crippen molar-refractivity contribution in [2.24, 2.45) is 0 Å². The molecule has 4 nitrogen and oxygen atoms in total. The maximum atomic E-state index is 11.9. The molecule has 6 heteroatoms. The molecule has 1 unspecified atom stereocenters. The third kappa shape index (κ3) is 6.00. The number of alkyl halides is 2. The quantitative estimate of drug-likeness (QED) is 0.739. The van der Waals surface area contributed by atoms with Crippen LogP contribution >= 0.6 is 31.9 Å². The molecule has 1 aliphatic rings. The van der Waals surface area contributed by atoms with Gasteiger partial charge >= 0.3 is 6.09 Å². The van der Waals surface area contributed by atoms with Crippen LogP contribution in [0.15, 0.2) is 0 Å². The second-order valence-electron chi connectivity index (χ2n) is 6.15. The Hall–Kier alpha value is 0.190. The van der Waals surface area contributed by atoms with E-state index in [1.807, 2.05) is 20.8 Å². The lowest BCUT2D eigenvalue weighted by molar-refractivity contribution is -0.0356. The highest BCUT2D eigenvalue weighted by Crippen LogP contribution is 2.30. The standard InChI is InChI=1S/C13H23Br2NO3/c1-12(2,3)19-11(17)16-6-4-13(18,5-7-16)8-10(15)9-14/h10,18H,4-9H2,1-3H3. The van der Waals surface area contributed by atoms with Gasteiger partial charge in [0.2, 0.25) is 0 Å². The van der Waals surface area contributed by atoms with Crippen LogP contribution in [0.2, 0.25) is 0 Å². The van der Waals surface area contributed by atoms with Crippen molar-refractivity contribution in [1.82, 2.24) is 4.90 Å². The van der Waals surface area contributed by atoms with Gasteiger partial charge in [0.05, 0.1) is 5.60 Å². The van der Waals surface area contributed by atoms with Gasteiger partial charge in [-0.1, -0.05) is 31.9 Å². The summed E-state index contributed by atoms with van der Waals surface area (Å²) in [6.45, 7) is 6.67. The summed E-state index contributed by atoms with van der Waals surface area (Å²) in [5.41, 5.74) is -1.15. The van der Waals surface area contributed by atoms with Gasteiger partial charge in [0.25, 0.3) is 0 Å². The van der Waals surface area contributed by atoms with Crippen LogP contribution < -0.4 is 0 Å². The Morgan fingerprint density at radius 3 is 2.37 bits per heavy atom. The van der Waals surface area contributed by atoms with Crippen molar-refractivity contribution in [2.45, 2.75) is 56.1 Å². The molecule has 0 radical (unpaired) electrons. The third-order valence-electron chi connectivity index (χ3n) is 3.11. The molecule has 0 aromatic carbocycles.